The minimum atomic E-state index is 1.11. The zero-order chi connectivity index (χ0) is 16.2. The van der Waals surface area contributed by atoms with E-state index in [1.807, 2.05) is 12.4 Å². The largest absolute Gasteiger partial charge is 0.158 e. The third-order valence-corrected chi connectivity index (χ3v) is 7.39. The summed E-state index contributed by atoms with van der Waals surface area (Å²) in [7, 11) is 0. The average molecular weight is 385 g/mol. The van der Waals surface area contributed by atoms with Crippen molar-refractivity contribution in [3.8, 4) is 19.5 Å². The number of nitrogens with zero attached hydrogens (tertiary/aromatic N) is 2. The van der Waals surface area contributed by atoms with Crippen LogP contribution in [0.1, 0.15) is 9.75 Å². The molecule has 0 unspecified atom stereocenters. The fourth-order valence-corrected chi connectivity index (χ4v) is 5.55. The number of thiophene rings is 4. The molecule has 4 heterocycles. The Morgan fingerprint density at radius 3 is 1.50 bits per heavy atom. The van der Waals surface area contributed by atoms with Crippen LogP contribution >= 0.6 is 45.3 Å². The summed E-state index contributed by atoms with van der Waals surface area (Å²) >= 11 is 6.97. The van der Waals surface area contributed by atoms with Gasteiger partial charge in [0.05, 0.1) is 12.4 Å². The quantitative estimate of drug-likeness (QED) is 0.269. The van der Waals surface area contributed by atoms with E-state index in [0.717, 1.165) is 9.75 Å². The molecule has 0 N–H and O–H groups in total. The lowest BCUT2D eigenvalue weighted by Crippen LogP contribution is -1.72. The molecule has 0 fully saturated rings. The van der Waals surface area contributed by atoms with Crippen molar-refractivity contribution in [3.63, 3.8) is 0 Å². The van der Waals surface area contributed by atoms with Gasteiger partial charge in [0.15, 0.2) is 0 Å². The van der Waals surface area contributed by atoms with Crippen LogP contribution < -0.4 is 0 Å². The maximum Gasteiger partial charge on any atom is 0.0668 e. The summed E-state index contributed by atoms with van der Waals surface area (Å²) in [6, 6.07) is 16.8. The van der Waals surface area contributed by atoms with Crippen LogP contribution in [0, 0.1) is 0 Å². The highest BCUT2D eigenvalue weighted by molar-refractivity contribution is 7.22. The van der Waals surface area contributed by atoms with Crippen molar-refractivity contribution in [2.24, 2.45) is 10.2 Å². The minimum absolute atomic E-state index is 1.11. The first-order chi connectivity index (χ1) is 11.9. The summed E-state index contributed by atoms with van der Waals surface area (Å²) in [6.45, 7) is 0. The number of hydrogen-bond donors (Lipinski definition) is 0. The SMILES string of the molecule is C(=N\N=C\c1ccc(-c2cccs2)s1)/c1ccc(-c2cccs2)s1. The highest BCUT2D eigenvalue weighted by Crippen LogP contribution is 2.31. The Morgan fingerprint density at radius 1 is 0.583 bits per heavy atom. The van der Waals surface area contributed by atoms with Crippen molar-refractivity contribution in [2.75, 3.05) is 0 Å². The molecule has 4 aromatic rings. The molecule has 0 atom stereocenters. The third-order valence-electron chi connectivity index (χ3n) is 3.22. The molecular weight excluding hydrogens is 372 g/mol. The maximum absolute atomic E-state index is 4.17. The maximum atomic E-state index is 4.17. The summed E-state index contributed by atoms with van der Waals surface area (Å²) in [6.07, 6.45) is 3.62. The summed E-state index contributed by atoms with van der Waals surface area (Å²) in [5, 5.41) is 12.5. The van der Waals surface area contributed by atoms with Crippen LogP contribution in [0.2, 0.25) is 0 Å². The second kappa shape index (κ2) is 7.36. The van der Waals surface area contributed by atoms with Crippen LogP contribution in [0.15, 0.2) is 69.5 Å². The topological polar surface area (TPSA) is 24.7 Å². The van der Waals surface area contributed by atoms with Gasteiger partial charge < -0.3 is 0 Å². The molecule has 4 aromatic heterocycles. The lowest BCUT2D eigenvalue weighted by atomic mass is 10.4. The zero-order valence-corrected chi connectivity index (χ0v) is 15.7. The minimum Gasteiger partial charge on any atom is -0.158 e. The Kier molecular flexibility index (Phi) is 4.80. The van der Waals surface area contributed by atoms with Gasteiger partial charge in [-0.2, -0.15) is 10.2 Å². The standard InChI is InChI=1S/C18H12N2S4/c1-3-15(21-9-1)17-7-5-13(23-17)11-19-20-12-14-6-8-18(24-14)16-4-2-10-22-16/h1-12H/b19-11+,20-12+. The van der Waals surface area contributed by atoms with E-state index in [9.17, 15) is 0 Å². The molecular formula is C18H12N2S4. The molecule has 0 saturated heterocycles. The van der Waals surface area contributed by atoms with Gasteiger partial charge in [-0.3, -0.25) is 0 Å². The third kappa shape index (κ3) is 3.62. The lowest BCUT2D eigenvalue weighted by Gasteiger charge is -1.87. The van der Waals surface area contributed by atoms with Gasteiger partial charge in [-0.25, -0.2) is 0 Å². The van der Waals surface area contributed by atoms with Crippen LogP contribution in [0.5, 0.6) is 0 Å². The zero-order valence-electron chi connectivity index (χ0n) is 12.5. The highest BCUT2D eigenvalue weighted by atomic mass is 32.1. The van der Waals surface area contributed by atoms with Crippen LogP contribution in [0.25, 0.3) is 19.5 Å². The van der Waals surface area contributed by atoms with E-state index in [4.69, 9.17) is 0 Å². The lowest BCUT2D eigenvalue weighted by molar-refractivity contribution is 1.27. The van der Waals surface area contributed by atoms with Crippen LogP contribution in [0.3, 0.4) is 0 Å². The first-order valence-electron chi connectivity index (χ1n) is 7.22. The summed E-state index contributed by atoms with van der Waals surface area (Å²) in [5.41, 5.74) is 0. The van der Waals surface area contributed by atoms with E-state index in [-0.39, 0.29) is 0 Å². The van der Waals surface area contributed by atoms with Crippen LogP contribution in [0.4, 0.5) is 0 Å². The van der Waals surface area contributed by atoms with Gasteiger partial charge in [0.25, 0.3) is 0 Å². The molecule has 0 radical (unpaired) electrons. The van der Waals surface area contributed by atoms with Gasteiger partial charge in [0.1, 0.15) is 0 Å². The Labute approximate surface area is 156 Å². The molecule has 0 aliphatic rings. The Balaban J connectivity index is 1.41. The summed E-state index contributed by atoms with van der Waals surface area (Å²) < 4.78 is 0. The van der Waals surface area contributed by atoms with Crippen molar-refractivity contribution in [2.45, 2.75) is 0 Å². The normalized spacial score (nSPS) is 11.8. The number of rotatable bonds is 5. The Bertz CT molecular complexity index is 876. The van der Waals surface area contributed by atoms with Crippen LogP contribution in [-0.4, -0.2) is 12.4 Å². The molecule has 2 nitrogen and oxygen atoms in total. The van der Waals surface area contributed by atoms with Gasteiger partial charge in [0.2, 0.25) is 0 Å². The first kappa shape index (κ1) is 15.7. The fraction of sp³-hybridized carbons (Fsp3) is 0. The average Bonchev–Trinajstić information content (AvgIpc) is 3.40. The van der Waals surface area contributed by atoms with E-state index in [1.54, 1.807) is 45.3 Å². The summed E-state index contributed by atoms with van der Waals surface area (Å²) in [4.78, 5) is 7.36. The molecule has 6 heteroatoms. The van der Waals surface area contributed by atoms with E-state index in [0.29, 0.717) is 0 Å². The van der Waals surface area contributed by atoms with E-state index >= 15 is 0 Å². The molecule has 24 heavy (non-hydrogen) atoms. The molecule has 0 aromatic carbocycles. The molecule has 0 amide bonds. The van der Waals surface area contributed by atoms with Gasteiger partial charge in [-0.05, 0) is 47.2 Å². The molecule has 0 saturated carbocycles. The molecule has 0 aliphatic heterocycles. The van der Waals surface area contributed by atoms with E-state index < -0.39 is 0 Å². The van der Waals surface area contributed by atoms with Gasteiger partial charge in [-0.15, -0.1) is 45.3 Å². The molecule has 4 rings (SSSR count). The van der Waals surface area contributed by atoms with Crippen LogP contribution in [-0.2, 0) is 0 Å². The smallest absolute Gasteiger partial charge is 0.0668 e. The molecule has 118 valence electrons. The first-order valence-corrected chi connectivity index (χ1v) is 10.6. The predicted molar refractivity (Wildman–Crippen MR) is 110 cm³/mol. The highest BCUT2D eigenvalue weighted by Gasteiger charge is 2.03. The van der Waals surface area contributed by atoms with Crippen molar-refractivity contribution in [3.05, 3.63) is 69.0 Å². The molecule has 0 aliphatic carbocycles. The van der Waals surface area contributed by atoms with Crippen molar-refractivity contribution < 1.29 is 0 Å². The molecule has 0 spiro atoms. The molecule has 0 bridgehead atoms. The fourth-order valence-electron chi connectivity index (χ4n) is 2.13. The van der Waals surface area contributed by atoms with Crippen molar-refractivity contribution in [1.82, 2.24) is 0 Å². The second-order valence-corrected chi connectivity index (χ2v) is 8.97. The van der Waals surface area contributed by atoms with Gasteiger partial charge >= 0.3 is 0 Å². The Morgan fingerprint density at radius 2 is 1.08 bits per heavy atom. The van der Waals surface area contributed by atoms with Crippen molar-refractivity contribution >= 4 is 57.8 Å². The monoisotopic (exact) mass is 384 g/mol. The predicted octanol–water partition coefficient (Wildman–Crippen LogP) is 6.72. The van der Waals surface area contributed by atoms with Gasteiger partial charge in [-0.1, -0.05) is 12.1 Å². The van der Waals surface area contributed by atoms with E-state index in [1.165, 1.54) is 19.5 Å². The van der Waals surface area contributed by atoms with Gasteiger partial charge in [0, 0.05) is 29.3 Å². The Hall–Kier alpha value is -1.86. The van der Waals surface area contributed by atoms with Crippen molar-refractivity contribution in [1.29, 1.82) is 0 Å². The number of hydrogen-bond acceptors (Lipinski definition) is 6. The second-order valence-electron chi connectivity index (χ2n) is 4.85. The van der Waals surface area contributed by atoms with E-state index in [2.05, 4.69) is 69.5 Å². The summed E-state index contributed by atoms with van der Waals surface area (Å²) in [5.74, 6) is 0.